The monoisotopic (exact) mass is 233 g/mol. The largest absolute Gasteiger partial charge is 0.496 e. The van der Waals surface area contributed by atoms with E-state index >= 15 is 0 Å². The van der Waals surface area contributed by atoms with Crippen LogP contribution in [0.2, 0.25) is 0 Å². The summed E-state index contributed by atoms with van der Waals surface area (Å²) in [4.78, 5) is 10.6. The molecule has 1 aromatic rings. The number of alkyl halides is 2. The van der Waals surface area contributed by atoms with Crippen LogP contribution >= 0.6 is 23.2 Å². The Morgan fingerprint density at radius 3 is 2.64 bits per heavy atom. The lowest BCUT2D eigenvalue weighted by molar-refractivity contribution is -0.108. The maximum Gasteiger partial charge on any atom is 0.201 e. The molecular formula is C9H9Cl2NO2. The van der Waals surface area contributed by atoms with Gasteiger partial charge in [0.05, 0.1) is 7.11 Å². The highest BCUT2D eigenvalue weighted by Gasteiger charge is 2.29. The van der Waals surface area contributed by atoms with Crippen LogP contribution < -0.4 is 10.5 Å². The van der Waals surface area contributed by atoms with Gasteiger partial charge in [0.15, 0.2) is 6.29 Å². The molecule has 14 heavy (non-hydrogen) atoms. The summed E-state index contributed by atoms with van der Waals surface area (Å²) in [6, 6.07) is 4.71. The highest BCUT2D eigenvalue weighted by molar-refractivity contribution is 6.55. The Bertz CT molecular complexity index is 353. The lowest BCUT2D eigenvalue weighted by Crippen LogP contribution is -2.13. The number of rotatable bonds is 3. The minimum atomic E-state index is -1.60. The molecule has 1 rings (SSSR count). The molecule has 0 amide bonds. The molecule has 0 aromatic heterocycles. The fourth-order valence-electron chi connectivity index (χ4n) is 1.05. The van der Waals surface area contributed by atoms with Crippen molar-refractivity contribution < 1.29 is 9.53 Å². The van der Waals surface area contributed by atoms with E-state index in [9.17, 15) is 4.79 Å². The fourth-order valence-corrected chi connectivity index (χ4v) is 1.36. The first-order chi connectivity index (χ1) is 6.51. The maximum atomic E-state index is 10.6. The van der Waals surface area contributed by atoms with Gasteiger partial charge in [-0.1, -0.05) is 23.2 Å². The summed E-state index contributed by atoms with van der Waals surface area (Å²) >= 11 is 11.5. The molecule has 1 aromatic carbocycles. The van der Waals surface area contributed by atoms with Crippen molar-refractivity contribution in [2.45, 2.75) is 4.33 Å². The summed E-state index contributed by atoms with van der Waals surface area (Å²) < 4.78 is 3.41. The van der Waals surface area contributed by atoms with Crippen LogP contribution in [0.15, 0.2) is 18.2 Å². The first kappa shape index (κ1) is 11.1. The Morgan fingerprint density at radius 1 is 1.50 bits per heavy atom. The van der Waals surface area contributed by atoms with Gasteiger partial charge in [0.25, 0.3) is 0 Å². The Morgan fingerprint density at radius 2 is 2.14 bits per heavy atom. The summed E-state index contributed by atoms with van der Waals surface area (Å²) in [5.41, 5.74) is 6.43. The van der Waals surface area contributed by atoms with Crippen molar-refractivity contribution in [1.29, 1.82) is 0 Å². The number of hydrogen-bond acceptors (Lipinski definition) is 3. The van der Waals surface area contributed by atoms with Gasteiger partial charge < -0.3 is 10.5 Å². The standard InChI is InChI=1S/C9H9Cl2NO2/c1-14-8-4-6(12)2-3-7(8)9(10,11)5-13/h2-5H,12H2,1H3. The molecule has 0 aliphatic heterocycles. The molecule has 0 unspecified atom stereocenters. The molecule has 0 bridgehead atoms. The number of halogens is 2. The summed E-state index contributed by atoms with van der Waals surface area (Å²) in [5, 5.41) is 0. The fraction of sp³-hybridized carbons (Fsp3) is 0.222. The van der Waals surface area contributed by atoms with Crippen LogP contribution in [0.3, 0.4) is 0 Å². The van der Waals surface area contributed by atoms with Crippen molar-refractivity contribution in [2.75, 3.05) is 12.8 Å². The molecule has 2 N–H and O–H groups in total. The molecule has 0 saturated heterocycles. The second-order valence-electron chi connectivity index (χ2n) is 2.70. The van der Waals surface area contributed by atoms with Crippen LogP contribution in [-0.2, 0) is 9.13 Å². The number of carbonyl (C=O) groups is 1. The molecule has 5 heteroatoms. The molecule has 0 saturated carbocycles. The van der Waals surface area contributed by atoms with Crippen molar-refractivity contribution in [1.82, 2.24) is 0 Å². The zero-order valence-electron chi connectivity index (χ0n) is 7.46. The Kier molecular flexibility index (Phi) is 3.24. The third kappa shape index (κ3) is 2.11. The van der Waals surface area contributed by atoms with Crippen LogP contribution in [0.25, 0.3) is 0 Å². The predicted octanol–water partition coefficient (Wildman–Crippen LogP) is 2.11. The third-order valence-electron chi connectivity index (χ3n) is 1.73. The predicted molar refractivity (Wildman–Crippen MR) is 56.9 cm³/mol. The number of benzene rings is 1. The van der Waals surface area contributed by atoms with Crippen molar-refractivity contribution in [3.63, 3.8) is 0 Å². The average Bonchev–Trinajstić information content (AvgIpc) is 2.17. The van der Waals surface area contributed by atoms with Gasteiger partial charge in [-0.3, -0.25) is 4.79 Å². The average molecular weight is 234 g/mol. The lowest BCUT2D eigenvalue weighted by Gasteiger charge is -2.16. The number of carbonyl (C=O) groups excluding carboxylic acids is 1. The van der Waals surface area contributed by atoms with Crippen LogP contribution in [0.5, 0.6) is 5.75 Å². The molecular weight excluding hydrogens is 225 g/mol. The van der Waals surface area contributed by atoms with E-state index in [1.807, 2.05) is 0 Å². The summed E-state index contributed by atoms with van der Waals surface area (Å²) in [7, 11) is 1.45. The van der Waals surface area contributed by atoms with E-state index in [2.05, 4.69) is 0 Å². The lowest BCUT2D eigenvalue weighted by atomic mass is 10.1. The van der Waals surface area contributed by atoms with Gasteiger partial charge in [0.2, 0.25) is 4.33 Å². The Balaban J connectivity index is 3.27. The normalized spacial score (nSPS) is 11.1. The first-order valence-corrected chi connectivity index (χ1v) is 4.55. The molecule has 0 atom stereocenters. The minimum absolute atomic E-state index is 0.382. The maximum absolute atomic E-state index is 10.6. The second-order valence-corrected chi connectivity index (χ2v) is 4.09. The van der Waals surface area contributed by atoms with Crippen LogP contribution in [-0.4, -0.2) is 13.4 Å². The summed E-state index contributed by atoms with van der Waals surface area (Å²) in [5.74, 6) is 0.391. The molecule has 0 radical (unpaired) electrons. The molecule has 0 aliphatic carbocycles. The van der Waals surface area contributed by atoms with E-state index in [1.165, 1.54) is 7.11 Å². The Hall–Kier alpha value is -0.930. The number of nitrogens with two attached hydrogens (primary N) is 1. The molecule has 0 aliphatic rings. The van der Waals surface area contributed by atoms with Gasteiger partial charge in [0, 0.05) is 17.3 Å². The molecule has 0 spiro atoms. The molecule has 76 valence electrons. The zero-order chi connectivity index (χ0) is 10.8. The van der Waals surface area contributed by atoms with Gasteiger partial charge in [-0.15, -0.1) is 0 Å². The van der Waals surface area contributed by atoms with E-state index < -0.39 is 4.33 Å². The van der Waals surface area contributed by atoms with Gasteiger partial charge >= 0.3 is 0 Å². The number of nitrogen functional groups attached to an aromatic ring is 1. The highest BCUT2D eigenvalue weighted by Crippen LogP contribution is 2.38. The van der Waals surface area contributed by atoms with Gasteiger partial charge in [0.1, 0.15) is 5.75 Å². The second kappa shape index (κ2) is 4.07. The number of ether oxygens (including phenoxy) is 1. The Labute approximate surface area is 91.7 Å². The van der Waals surface area contributed by atoms with Crippen LogP contribution in [0.4, 0.5) is 5.69 Å². The topological polar surface area (TPSA) is 52.3 Å². The van der Waals surface area contributed by atoms with E-state index in [4.69, 9.17) is 33.7 Å². The summed E-state index contributed by atoms with van der Waals surface area (Å²) in [6.07, 6.45) is 0.435. The van der Waals surface area contributed by atoms with Crippen molar-refractivity contribution in [3.05, 3.63) is 23.8 Å². The van der Waals surface area contributed by atoms with Crippen molar-refractivity contribution in [3.8, 4) is 5.75 Å². The first-order valence-electron chi connectivity index (χ1n) is 3.79. The zero-order valence-corrected chi connectivity index (χ0v) is 8.97. The SMILES string of the molecule is COc1cc(N)ccc1C(Cl)(Cl)C=O. The number of hydrogen-bond donors (Lipinski definition) is 1. The van der Waals surface area contributed by atoms with E-state index in [1.54, 1.807) is 18.2 Å². The quantitative estimate of drug-likeness (QED) is 0.495. The number of aldehydes is 1. The summed E-state index contributed by atoms with van der Waals surface area (Å²) in [6.45, 7) is 0. The van der Waals surface area contributed by atoms with Crippen molar-refractivity contribution >= 4 is 35.2 Å². The molecule has 0 heterocycles. The number of anilines is 1. The minimum Gasteiger partial charge on any atom is -0.496 e. The van der Waals surface area contributed by atoms with Crippen LogP contribution in [0.1, 0.15) is 5.56 Å². The van der Waals surface area contributed by atoms with Gasteiger partial charge in [-0.05, 0) is 12.1 Å². The smallest absolute Gasteiger partial charge is 0.201 e. The van der Waals surface area contributed by atoms with Gasteiger partial charge in [-0.25, -0.2) is 0 Å². The van der Waals surface area contributed by atoms with Gasteiger partial charge in [-0.2, -0.15) is 0 Å². The number of methoxy groups -OCH3 is 1. The van der Waals surface area contributed by atoms with Crippen LogP contribution in [0, 0.1) is 0 Å². The highest BCUT2D eigenvalue weighted by atomic mass is 35.5. The molecule has 0 fully saturated rings. The third-order valence-corrected chi connectivity index (χ3v) is 2.32. The van der Waals surface area contributed by atoms with E-state index in [0.29, 0.717) is 23.3 Å². The van der Waals surface area contributed by atoms with Crippen molar-refractivity contribution in [2.24, 2.45) is 0 Å². The molecule has 3 nitrogen and oxygen atoms in total. The van der Waals surface area contributed by atoms with E-state index in [0.717, 1.165) is 0 Å². The van der Waals surface area contributed by atoms with E-state index in [-0.39, 0.29) is 0 Å².